The molecule has 5 heterocycles. The van der Waals surface area contributed by atoms with E-state index in [4.69, 9.17) is 9.47 Å². The fourth-order valence-corrected chi connectivity index (χ4v) is 8.44. The molecule has 0 radical (unpaired) electrons. The van der Waals surface area contributed by atoms with E-state index in [1.807, 2.05) is 37.7 Å². The van der Waals surface area contributed by atoms with Crippen LogP contribution in [-0.2, 0) is 10.5 Å². The number of hydrogen-bond donors (Lipinski definition) is 1. The lowest BCUT2D eigenvalue weighted by molar-refractivity contribution is -0.00875. The van der Waals surface area contributed by atoms with Crippen LogP contribution < -0.4 is 15.2 Å². The number of benzene rings is 2. The molecule has 50 heavy (non-hydrogen) atoms. The Labute approximate surface area is 298 Å². The van der Waals surface area contributed by atoms with E-state index in [9.17, 15) is 18.5 Å². The van der Waals surface area contributed by atoms with E-state index < -0.39 is 11.4 Å². The number of aromatic amines is 1. The molecule has 4 saturated heterocycles. The molecule has 3 aromatic rings. The van der Waals surface area contributed by atoms with Crippen LogP contribution in [0.15, 0.2) is 46.4 Å². The normalized spacial score (nSPS) is 20.0. The fraction of sp³-hybridized carbons (Fsp3) is 0.622. The summed E-state index contributed by atoms with van der Waals surface area (Å²) in [4.78, 5) is 38.6. The number of H-pyrrole nitrogens is 1. The number of anilines is 1. The molecule has 7 rings (SSSR count). The highest BCUT2D eigenvalue weighted by molar-refractivity contribution is 7.99. The van der Waals surface area contributed by atoms with E-state index in [2.05, 4.69) is 29.8 Å². The number of fused-ring (bicyclic) bond motifs is 1. The van der Waals surface area contributed by atoms with Gasteiger partial charge >= 0.3 is 0 Å². The van der Waals surface area contributed by atoms with E-state index in [-0.39, 0.29) is 5.39 Å². The van der Waals surface area contributed by atoms with Crippen molar-refractivity contribution >= 4 is 34.0 Å². The van der Waals surface area contributed by atoms with Crippen molar-refractivity contribution in [2.75, 3.05) is 71.2 Å². The van der Waals surface area contributed by atoms with Crippen molar-refractivity contribution in [3.63, 3.8) is 0 Å². The monoisotopic (exact) mass is 714 g/mol. The van der Waals surface area contributed by atoms with E-state index in [0.717, 1.165) is 78.2 Å². The number of aromatic nitrogens is 2. The second-order valence-electron chi connectivity index (χ2n) is 13.2. The maximum absolute atomic E-state index is 14.9. The first-order valence-electron chi connectivity index (χ1n) is 18.1. The third-order valence-corrected chi connectivity index (χ3v) is 11.6. The van der Waals surface area contributed by atoms with Crippen molar-refractivity contribution in [1.82, 2.24) is 19.8 Å². The highest BCUT2D eigenvalue weighted by Crippen LogP contribution is 2.32. The van der Waals surface area contributed by atoms with Gasteiger partial charge in [-0.3, -0.25) is 19.0 Å². The molecular weight excluding hydrogens is 663 g/mol. The molecule has 4 aliphatic rings. The molecule has 1 aromatic heterocycles. The van der Waals surface area contributed by atoms with Gasteiger partial charge in [0.15, 0.2) is 0 Å². The number of halogens is 2. The standard InChI is InChI=1S/C34H43FN6O4S.C2H6.CH3F/c35-30-17-28(45-21-23-9-15-44-16-10-23)18-31-33(30)34(42)37-32(36-31)22-46-29-7-13-40(14-8-29)27-19-41(20-27)26-5-11-39(12-6-26)25-3-1-24(38-43)2-4-25;2*1-2/h1-4,17-18,23,26-27,29H,5-16,19-22H2,(H,36,37,42);1-2H3;1H3. The van der Waals surface area contributed by atoms with E-state index in [1.165, 1.54) is 24.6 Å². The van der Waals surface area contributed by atoms with Crippen LogP contribution in [0.4, 0.5) is 20.2 Å². The zero-order chi connectivity index (χ0) is 35.5. The molecular formula is C37H52F2N6O4S. The summed E-state index contributed by atoms with van der Waals surface area (Å²) in [6.07, 6.45) is 6.45. The van der Waals surface area contributed by atoms with Gasteiger partial charge in [-0.25, -0.2) is 9.37 Å². The largest absolute Gasteiger partial charge is 0.493 e. The molecule has 0 atom stereocenters. The van der Waals surface area contributed by atoms with Gasteiger partial charge in [-0.15, -0.1) is 4.91 Å². The number of nitrogens with zero attached hydrogens (tertiary/aromatic N) is 5. The number of rotatable bonds is 10. The second-order valence-corrected chi connectivity index (χ2v) is 14.4. The molecule has 0 amide bonds. The van der Waals surface area contributed by atoms with Crippen molar-refractivity contribution < 1.29 is 18.3 Å². The molecule has 13 heteroatoms. The minimum absolute atomic E-state index is 0.0104. The van der Waals surface area contributed by atoms with Gasteiger partial charge in [-0.05, 0) is 87.0 Å². The molecule has 274 valence electrons. The molecule has 0 unspecified atom stereocenters. The Morgan fingerprint density at radius 3 is 2.28 bits per heavy atom. The van der Waals surface area contributed by atoms with Crippen molar-refractivity contribution in [3.05, 3.63) is 63.3 Å². The fourth-order valence-electron chi connectivity index (χ4n) is 7.36. The highest BCUT2D eigenvalue weighted by Gasteiger charge is 2.38. The number of alkyl halides is 1. The smallest absolute Gasteiger partial charge is 0.261 e. The molecule has 0 spiro atoms. The Hall–Kier alpha value is -3.13. The number of hydrogen-bond acceptors (Lipinski definition) is 10. The predicted molar refractivity (Wildman–Crippen MR) is 198 cm³/mol. The zero-order valence-electron chi connectivity index (χ0n) is 29.6. The first-order valence-corrected chi connectivity index (χ1v) is 19.2. The summed E-state index contributed by atoms with van der Waals surface area (Å²) in [7, 11) is 0.500. The maximum atomic E-state index is 14.9. The molecule has 0 bridgehead atoms. The van der Waals surface area contributed by atoms with Crippen LogP contribution in [0.2, 0.25) is 0 Å². The first kappa shape index (κ1) is 38.1. The Morgan fingerprint density at radius 2 is 1.62 bits per heavy atom. The van der Waals surface area contributed by atoms with Crippen molar-refractivity contribution in [2.45, 2.75) is 75.5 Å². The number of nitrogens with one attached hydrogen (secondary N) is 1. The number of likely N-dealkylation sites (tertiary alicyclic amines) is 2. The van der Waals surface area contributed by atoms with Crippen molar-refractivity contribution in [2.24, 2.45) is 11.1 Å². The average molecular weight is 715 g/mol. The third kappa shape index (κ3) is 9.59. The van der Waals surface area contributed by atoms with Gasteiger partial charge in [0, 0.05) is 74.5 Å². The van der Waals surface area contributed by atoms with Gasteiger partial charge < -0.3 is 19.4 Å². The molecule has 4 fully saturated rings. The Kier molecular flexibility index (Phi) is 14.4. The van der Waals surface area contributed by atoms with E-state index >= 15 is 0 Å². The van der Waals surface area contributed by atoms with Crippen LogP contribution in [-0.4, -0.2) is 103 Å². The lowest BCUT2D eigenvalue weighted by atomic mass is 9.95. The summed E-state index contributed by atoms with van der Waals surface area (Å²) in [6, 6.07) is 11.9. The number of nitroso groups, excluding NO2 is 1. The second kappa shape index (κ2) is 18.9. The highest BCUT2D eigenvalue weighted by atomic mass is 32.2. The molecule has 2 aromatic carbocycles. The van der Waals surface area contributed by atoms with E-state index in [0.29, 0.717) is 65.6 Å². The number of thioether (sulfide) groups is 1. The molecule has 1 N–H and O–H groups in total. The van der Waals surface area contributed by atoms with Crippen LogP contribution in [0, 0.1) is 16.6 Å². The topological polar surface area (TPSA) is 103 Å². The van der Waals surface area contributed by atoms with Gasteiger partial charge in [0.1, 0.15) is 28.5 Å². The molecule has 4 aliphatic heterocycles. The Balaban J connectivity index is 0.00000117. The van der Waals surface area contributed by atoms with Gasteiger partial charge in [-0.2, -0.15) is 11.8 Å². The van der Waals surface area contributed by atoms with Crippen LogP contribution in [0.5, 0.6) is 5.75 Å². The zero-order valence-corrected chi connectivity index (χ0v) is 30.4. The van der Waals surface area contributed by atoms with Gasteiger partial charge in [0.05, 0.1) is 25.1 Å². The average Bonchev–Trinajstić information content (AvgIpc) is 3.15. The lowest BCUT2D eigenvalue weighted by Crippen LogP contribution is -2.64. The van der Waals surface area contributed by atoms with Gasteiger partial charge in [-0.1, -0.05) is 13.8 Å². The lowest BCUT2D eigenvalue weighted by Gasteiger charge is -2.52. The molecule has 0 saturated carbocycles. The van der Waals surface area contributed by atoms with Crippen LogP contribution in [0.3, 0.4) is 0 Å². The minimum atomic E-state index is -0.597. The summed E-state index contributed by atoms with van der Waals surface area (Å²) in [6.45, 7) is 12.6. The quantitative estimate of drug-likeness (QED) is 0.224. The van der Waals surface area contributed by atoms with E-state index in [1.54, 1.807) is 18.2 Å². The van der Waals surface area contributed by atoms with Crippen LogP contribution in [0.25, 0.3) is 10.9 Å². The minimum Gasteiger partial charge on any atom is -0.493 e. The van der Waals surface area contributed by atoms with Crippen LogP contribution >= 0.6 is 11.8 Å². The summed E-state index contributed by atoms with van der Waals surface area (Å²) in [5.41, 5.74) is 1.56. The van der Waals surface area contributed by atoms with Gasteiger partial charge in [0.25, 0.3) is 5.56 Å². The predicted octanol–water partition coefficient (Wildman–Crippen LogP) is 6.93. The van der Waals surface area contributed by atoms with Gasteiger partial charge in [0.2, 0.25) is 0 Å². The summed E-state index contributed by atoms with van der Waals surface area (Å²) in [5.74, 6) is 1.39. The number of piperidine rings is 2. The molecule has 10 nitrogen and oxygen atoms in total. The number of ether oxygens (including phenoxy) is 2. The third-order valence-electron chi connectivity index (χ3n) is 10.3. The summed E-state index contributed by atoms with van der Waals surface area (Å²) >= 11 is 1.84. The maximum Gasteiger partial charge on any atom is 0.261 e. The summed E-state index contributed by atoms with van der Waals surface area (Å²) in [5, 5.41) is 3.51. The first-order chi connectivity index (χ1) is 24.5. The Bertz CT molecular complexity index is 1550. The Morgan fingerprint density at radius 1 is 0.940 bits per heavy atom. The molecule has 0 aliphatic carbocycles. The summed E-state index contributed by atoms with van der Waals surface area (Å²) < 4.78 is 35.7. The van der Waals surface area contributed by atoms with Crippen molar-refractivity contribution in [3.8, 4) is 5.75 Å². The van der Waals surface area contributed by atoms with Crippen molar-refractivity contribution in [1.29, 1.82) is 0 Å². The van der Waals surface area contributed by atoms with Crippen LogP contribution in [0.1, 0.15) is 58.2 Å². The SMILES string of the molecule is CC.CF.O=Nc1ccc(N2CCC(N3CC(N4CCC(SCc5nc6cc(OCC7CCOCC7)cc(F)c6c(=O)[nH]5)CC4)C3)CC2)cc1.